The topological polar surface area (TPSA) is 60.9 Å². The summed E-state index contributed by atoms with van der Waals surface area (Å²) in [7, 11) is 1.64. The van der Waals surface area contributed by atoms with Crippen LogP contribution in [-0.4, -0.2) is 43.9 Å². The number of hydrogen-bond donors (Lipinski definition) is 0. The summed E-state index contributed by atoms with van der Waals surface area (Å²) in [6.07, 6.45) is 1.98. The minimum absolute atomic E-state index is 0.0200. The van der Waals surface area contributed by atoms with Crippen LogP contribution in [0.2, 0.25) is 0 Å². The predicted octanol–water partition coefficient (Wildman–Crippen LogP) is 4.84. The summed E-state index contributed by atoms with van der Waals surface area (Å²) in [6.45, 7) is 5.79. The van der Waals surface area contributed by atoms with Gasteiger partial charge in [-0.05, 0) is 62.6 Å². The number of methoxy groups -OCH3 is 1. The van der Waals surface area contributed by atoms with Crippen molar-refractivity contribution < 1.29 is 19.0 Å². The summed E-state index contributed by atoms with van der Waals surface area (Å²) in [6, 6.07) is 11.2. The lowest BCUT2D eigenvalue weighted by atomic mass is 10.1. The molecule has 0 saturated carbocycles. The van der Waals surface area contributed by atoms with Crippen LogP contribution in [-0.2, 0) is 4.74 Å². The monoisotopic (exact) mass is 426 g/mol. The van der Waals surface area contributed by atoms with E-state index in [1.54, 1.807) is 24.1 Å². The number of carbonyl (C=O) groups excluding carboxylic acids is 1. The van der Waals surface area contributed by atoms with Crippen LogP contribution in [0.4, 0.5) is 5.13 Å². The SMILES string of the molecule is CCOc1ccc(C(=O)N(CC2CCCO2)c2nc3c(OC)ccc(C)c3s2)cc1. The minimum atomic E-state index is -0.0933. The molecule has 4 rings (SSSR count). The number of benzene rings is 2. The van der Waals surface area contributed by atoms with Crippen LogP contribution in [0, 0.1) is 6.92 Å². The highest BCUT2D eigenvalue weighted by molar-refractivity contribution is 7.22. The van der Waals surface area contributed by atoms with E-state index < -0.39 is 0 Å². The molecule has 7 heteroatoms. The summed E-state index contributed by atoms with van der Waals surface area (Å²) in [5.41, 5.74) is 2.49. The fourth-order valence-corrected chi connectivity index (χ4v) is 4.69. The number of ether oxygens (including phenoxy) is 3. The van der Waals surface area contributed by atoms with Crippen molar-refractivity contribution in [1.29, 1.82) is 0 Å². The van der Waals surface area contributed by atoms with Crippen molar-refractivity contribution in [3.05, 3.63) is 47.5 Å². The first-order valence-corrected chi connectivity index (χ1v) is 11.0. The van der Waals surface area contributed by atoms with Crippen LogP contribution in [0.25, 0.3) is 10.2 Å². The molecule has 1 aliphatic heterocycles. The first kappa shape index (κ1) is 20.6. The third-order valence-electron chi connectivity index (χ3n) is 5.21. The molecule has 2 aromatic carbocycles. The van der Waals surface area contributed by atoms with Gasteiger partial charge in [-0.2, -0.15) is 0 Å². The molecule has 1 atom stereocenters. The molecule has 1 saturated heterocycles. The van der Waals surface area contributed by atoms with Crippen molar-refractivity contribution in [2.75, 3.05) is 31.8 Å². The predicted molar refractivity (Wildman–Crippen MR) is 119 cm³/mol. The maximum Gasteiger partial charge on any atom is 0.260 e. The molecule has 0 bridgehead atoms. The van der Waals surface area contributed by atoms with Gasteiger partial charge in [0, 0.05) is 12.2 Å². The maximum atomic E-state index is 13.5. The number of fused-ring (bicyclic) bond motifs is 1. The Morgan fingerprint density at radius 2 is 2.07 bits per heavy atom. The van der Waals surface area contributed by atoms with Gasteiger partial charge in [-0.15, -0.1) is 0 Å². The summed E-state index contributed by atoms with van der Waals surface area (Å²) in [5, 5.41) is 0.659. The highest BCUT2D eigenvalue weighted by Gasteiger charge is 2.27. The zero-order valence-electron chi connectivity index (χ0n) is 17.5. The van der Waals surface area contributed by atoms with Crippen LogP contribution < -0.4 is 14.4 Å². The number of anilines is 1. The van der Waals surface area contributed by atoms with Gasteiger partial charge in [0.1, 0.15) is 17.0 Å². The second-order valence-electron chi connectivity index (χ2n) is 7.27. The van der Waals surface area contributed by atoms with Crippen LogP contribution >= 0.6 is 11.3 Å². The highest BCUT2D eigenvalue weighted by Crippen LogP contribution is 2.37. The molecule has 1 amide bonds. The number of amides is 1. The van der Waals surface area contributed by atoms with E-state index in [0.29, 0.717) is 29.6 Å². The van der Waals surface area contributed by atoms with Gasteiger partial charge in [0.15, 0.2) is 5.13 Å². The molecule has 2 heterocycles. The standard InChI is InChI=1S/C23H26N2O4S/c1-4-28-17-10-8-16(9-11-17)22(26)25(14-18-6-5-13-29-18)23-24-20-19(27-3)12-7-15(2)21(20)30-23/h7-12,18H,4-6,13-14H2,1-3H3. The van der Waals surface area contributed by atoms with Crippen molar-refractivity contribution in [2.45, 2.75) is 32.8 Å². The number of aromatic nitrogens is 1. The number of carbonyl (C=O) groups is 1. The molecule has 158 valence electrons. The van der Waals surface area contributed by atoms with E-state index in [4.69, 9.17) is 19.2 Å². The molecule has 0 aliphatic carbocycles. The lowest BCUT2D eigenvalue weighted by Crippen LogP contribution is -2.37. The van der Waals surface area contributed by atoms with E-state index in [9.17, 15) is 4.79 Å². The molecule has 3 aromatic rings. The van der Waals surface area contributed by atoms with E-state index in [-0.39, 0.29) is 12.0 Å². The fourth-order valence-electron chi connectivity index (χ4n) is 3.63. The van der Waals surface area contributed by atoms with Crippen LogP contribution in [0.15, 0.2) is 36.4 Å². The summed E-state index contributed by atoms with van der Waals surface area (Å²) in [4.78, 5) is 20.0. The summed E-state index contributed by atoms with van der Waals surface area (Å²) in [5.74, 6) is 1.37. The smallest absolute Gasteiger partial charge is 0.260 e. The minimum Gasteiger partial charge on any atom is -0.494 e. The number of hydrogen-bond acceptors (Lipinski definition) is 6. The third-order valence-corrected chi connectivity index (χ3v) is 6.42. The second kappa shape index (κ2) is 9.02. The molecule has 1 fully saturated rings. The first-order chi connectivity index (χ1) is 14.6. The van der Waals surface area contributed by atoms with Gasteiger partial charge < -0.3 is 14.2 Å². The van der Waals surface area contributed by atoms with E-state index in [2.05, 4.69) is 0 Å². The largest absolute Gasteiger partial charge is 0.494 e. The molecule has 6 nitrogen and oxygen atoms in total. The lowest BCUT2D eigenvalue weighted by molar-refractivity contribution is 0.0917. The highest BCUT2D eigenvalue weighted by atomic mass is 32.1. The normalized spacial score (nSPS) is 16.0. The fraction of sp³-hybridized carbons (Fsp3) is 0.391. The Labute approximate surface area is 180 Å². The molecule has 0 N–H and O–H groups in total. The average molecular weight is 427 g/mol. The van der Waals surface area contributed by atoms with Crippen molar-refractivity contribution in [3.8, 4) is 11.5 Å². The Morgan fingerprint density at radius 1 is 1.27 bits per heavy atom. The van der Waals surface area contributed by atoms with Gasteiger partial charge in [0.05, 0.1) is 31.1 Å². The third kappa shape index (κ3) is 4.13. The van der Waals surface area contributed by atoms with Crippen LogP contribution in [0.1, 0.15) is 35.7 Å². The number of nitrogens with zero attached hydrogens (tertiary/aromatic N) is 2. The molecular weight excluding hydrogens is 400 g/mol. The molecule has 0 radical (unpaired) electrons. The van der Waals surface area contributed by atoms with Gasteiger partial charge in [-0.25, -0.2) is 4.98 Å². The van der Waals surface area contributed by atoms with Crippen molar-refractivity contribution >= 4 is 32.6 Å². The molecule has 1 aromatic heterocycles. The Morgan fingerprint density at radius 3 is 2.73 bits per heavy atom. The van der Waals surface area contributed by atoms with E-state index in [0.717, 1.165) is 41.0 Å². The van der Waals surface area contributed by atoms with Crippen LogP contribution in [0.5, 0.6) is 11.5 Å². The number of thiazole rings is 1. The zero-order chi connectivity index (χ0) is 21.1. The quantitative estimate of drug-likeness (QED) is 0.541. The van der Waals surface area contributed by atoms with Gasteiger partial charge in [0.25, 0.3) is 5.91 Å². The maximum absolute atomic E-state index is 13.5. The molecular formula is C23H26N2O4S. The second-order valence-corrected chi connectivity index (χ2v) is 8.24. The number of aryl methyl sites for hydroxylation is 1. The molecule has 1 aliphatic rings. The summed E-state index contributed by atoms with van der Waals surface area (Å²) < 4.78 is 17.8. The molecule has 1 unspecified atom stereocenters. The van der Waals surface area contributed by atoms with Gasteiger partial charge in [-0.1, -0.05) is 17.4 Å². The first-order valence-electron chi connectivity index (χ1n) is 10.2. The Hall–Kier alpha value is -2.64. The van der Waals surface area contributed by atoms with E-state index in [1.807, 2.05) is 38.1 Å². The molecule has 30 heavy (non-hydrogen) atoms. The lowest BCUT2D eigenvalue weighted by Gasteiger charge is -2.23. The van der Waals surface area contributed by atoms with Crippen molar-refractivity contribution in [2.24, 2.45) is 0 Å². The van der Waals surface area contributed by atoms with Gasteiger partial charge in [0.2, 0.25) is 0 Å². The van der Waals surface area contributed by atoms with Gasteiger partial charge in [-0.3, -0.25) is 9.69 Å². The van der Waals surface area contributed by atoms with E-state index in [1.165, 1.54) is 11.3 Å². The average Bonchev–Trinajstić information content (AvgIpc) is 3.43. The van der Waals surface area contributed by atoms with E-state index >= 15 is 0 Å². The Balaban J connectivity index is 1.71. The zero-order valence-corrected chi connectivity index (χ0v) is 18.3. The van der Waals surface area contributed by atoms with Crippen molar-refractivity contribution in [3.63, 3.8) is 0 Å². The summed E-state index contributed by atoms with van der Waals surface area (Å²) >= 11 is 1.51. The van der Waals surface area contributed by atoms with Crippen LogP contribution in [0.3, 0.4) is 0 Å². The number of rotatable bonds is 7. The van der Waals surface area contributed by atoms with Gasteiger partial charge >= 0.3 is 0 Å². The van der Waals surface area contributed by atoms with Crippen molar-refractivity contribution in [1.82, 2.24) is 4.98 Å². The Bertz CT molecular complexity index is 1030. The molecule has 0 spiro atoms. The Kier molecular flexibility index (Phi) is 6.20.